The molecule has 1 aliphatic rings. The SMILES string of the molecule is O=C(Nc1ccc2ccccc2n1)C1CC(=O)N(c2ccccc2Br)C1. The maximum absolute atomic E-state index is 12.6. The summed E-state index contributed by atoms with van der Waals surface area (Å²) < 4.78 is 0.839. The van der Waals surface area contributed by atoms with Gasteiger partial charge in [-0.2, -0.15) is 0 Å². The van der Waals surface area contributed by atoms with Crippen LogP contribution in [0.4, 0.5) is 11.5 Å². The van der Waals surface area contributed by atoms with Crippen LogP contribution in [0.5, 0.6) is 0 Å². The first kappa shape index (κ1) is 16.7. The molecule has 130 valence electrons. The van der Waals surface area contributed by atoms with E-state index in [4.69, 9.17) is 0 Å². The number of para-hydroxylation sites is 2. The van der Waals surface area contributed by atoms with Crippen molar-refractivity contribution in [2.45, 2.75) is 6.42 Å². The molecular weight excluding hydrogens is 394 g/mol. The molecule has 0 radical (unpaired) electrons. The first-order valence-electron chi connectivity index (χ1n) is 8.33. The molecule has 1 aromatic heterocycles. The number of hydrogen-bond donors (Lipinski definition) is 1. The molecule has 4 rings (SSSR count). The molecule has 1 unspecified atom stereocenters. The number of nitrogens with one attached hydrogen (secondary N) is 1. The number of hydrogen-bond acceptors (Lipinski definition) is 3. The molecule has 3 aromatic rings. The second-order valence-corrected chi connectivity index (χ2v) is 7.09. The number of amides is 2. The molecule has 1 aliphatic heterocycles. The van der Waals surface area contributed by atoms with Crippen molar-refractivity contribution in [2.75, 3.05) is 16.8 Å². The highest BCUT2D eigenvalue weighted by Crippen LogP contribution is 2.31. The summed E-state index contributed by atoms with van der Waals surface area (Å²) in [6.07, 6.45) is 0.195. The molecule has 1 N–H and O–H groups in total. The maximum Gasteiger partial charge on any atom is 0.230 e. The van der Waals surface area contributed by atoms with Gasteiger partial charge in [-0.15, -0.1) is 0 Å². The van der Waals surface area contributed by atoms with Crippen molar-refractivity contribution in [3.8, 4) is 0 Å². The average molecular weight is 410 g/mol. The number of nitrogens with zero attached hydrogens (tertiary/aromatic N) is 2. The van der Waals surface area contributed by atoms with E-state index in [9.17, 15) is 9.59 Å². The molecule has 0 spiro atoms. The number of pyridine rings is 1. The number of carbonyl (C=O) groups excluding carboxylic acids is 2. The van der Waals surface area contributed by atoms with Crippen LogP contribution in [0.15, 0.2) is 65.1 Å². The fourth-order valence-electron chi connectivity index (χ4n) is 3.15. The van der Waals surface area contributed by atoms with E-state index in [1.807, 2.05) is 54.6 Å². The van der Waals surface area contributed by atoms with Crippen molar-refractivity contribution < 1.29 is 9.59 Å². The van der Waals surface area contributed by atoms with Crippen LogP contribution >= 0.6 is 15.9 Å². The summed E-state index contributed by atoms with van der Waals surface area (Å²) in [5.41, 5.74) is 1.61. The number of fused-ring (bicyclic) bond motifs is 1. The molecule has 2 heterocycles. The van der Waals surface area contributed by atoms with Gasteiger partial charge in [-0.1, -0.05) is 30.3 Å². The zero-order valence-corrected chi connectivity index (χ0v) is 15.4. The highest BCUT2D eigenvalue weighted by atomic mass is 79.9. The third kappa shape index (κ3) is 3.20. The van der Waals surface area contributed by atoms with E-state index >= 15 is 0 Å². The van der Waals surface area contributed by atoms with E-state index < -0.39 is 5.92 Å². The van der Waals surface area contributed by atoms with Crippen molar-refractivity contribution in [3.05, 3.63) is 65.1 Å². The molecule has 1 atom stereocenters. The van der Waals surface area contributed by atoms with Gasteiger partial charge in [-0.05, 0) is 46.3 Å². The van der Waals surface area contributed by atoms with Crippen LogP contribution in [0, 0.1) is 5.92 Å². The predicted octanol–water partition coefficient (Wildman–Crippen LogP) is 3.99. The van der Waals surface area contributed by atoms with Gasteiger partial charge in [-0.3, -0.25) is 9.59 Å². The lowest BCUT2D eigenvalue weighted by Gasteiger charge is -2.18. The maximum atomic E-state index is 12.6. The molecule has 0 aliphatic carbocycles. The molecular formula is C20H16BrN3O2. The van der Waals surface area contributed by atoms with E-state index in [0.29, 0.717) is 12.4 Å². The molecule has 0 saturated carbocycles. The zero-order valence-electron chi connectivity index (χ0n) is 13.9. The molecule has 0 bridgehead atoms. The van der Waals surface area contributed by atoms with Crippen molar-refractivity contribution in [1.82, 2.24) is 4.98 Å². The minimum absolute atomic E-state index is 0.0523. The van der Waals surface area contributed by atoms with E-state index in [2.05, 4.69) is 26.2 Å². The second-order valence-electron chi connectivity index (χ2n) is 6.24. The van der Waals surface area contributed by atoms with Gasteiger partial charge in [0.05, 0.1) is 17.1 Å². The minimum atomic E-state index is -0.400. The summed E-state index contributed by atoms with van der Waals surface area (Å²) >= 11 is 3.46. The molecule has 1 fully saturated rings. The Labute approximate surface area is 159 Å². The monoisotopic (exact) mass is 409 g/mol. The van der Waals surface area contributed by atoms with Crippen LogP contribution in [0.1, 0.15) is 6.42 Å². The summed E-state index contributed by atoms with van der Waals surface area (Å²) in [6.45, 7) is 0.362. The van der Waals surface area contributed by atoms with Crippen LogP contribution in [-0.2, 0) is 9.59 Å². The van der Waals surface area contributed by atoms with Gasteiger partial charge in [0.25, 0.3) is 0 Å². The van der Waals surface area contributed by atoms with Gasteiger partial charge in [0, 0.05) is 22.8 Å². The van der Waals surface area contributed by atoms with Crippen LogP contribution in [0.25, 0.3) is 10.9 Å². The minimum Gasteiger partial charge on any atom is -0.310 e. The lowest BCUT2D eigenvalue weighted by atomic mass is 10.1. The van der Waals surface area contributed by atoms with E-state index in [0.717, 1.165) is 21.1 Å². The molecule has 1 saturated heterocycles. The normalized spacial score (nSPS) is 16.9. The summed E-state index contributed by atoms with van der Waals surface area (Å²) in [6, 6.07) is 19.0. The van der Waals surface area contributed by atoms with Crippen LogP contribution in [0.2, 0.25) is 0 Å². The number of benzene rings is 2. The zero-order chi connectivity index (χ0) is 18.1. The summed E-state index contributed by atoms with van der Waals surface area (Å²) in [4.78, 5) is 31.1. The first-order chi connectivity index (χ1) is 12.6. The summed E-state index contributed by atoms with van der Waals surface area (Å²) in [5.74, 6) is -0.137. The second kappa shape index (κ2) is 6.88. The van der Waals surface area contributed by atoms with Crippen LogP contribution in [-0.4, -0.2) is 23.3 Å². The first-order valence-corrected chi connectivity index (χ1v) is 9.12. The third-order valence-electron chi connectivity index (χ3n) is 4.49. The molecule has 26 heavy (non-hydrogen) atoms. The van der Waals surface area contributed by atoms with Crippen LogP contribution < -0.4 is 10.2 Å². The third-order valence-corrected chi connectivity index (χ3v) is 5.16. The quantitative estimate of drug-likeness (QED) is 0.711. The van der Waals surface area contributed by atoms with E-state index in [1.165, 1.54) is 0 Å². The van der Waals surface area contributed by atoms with E-state index in [1.54, 1.807) is 11.0 Å². The van der Waals surface area contributed by atoms with Gasteiger partial charge in [0.1, 0.15) is 5.82 Å². The Kier molecular flexibility index (Phi) is 4.42. The largest absolute Gasteiger partial charge is 0.310 e. The topological polar surface area (TPSA) is 62.3 Å². The summed E-state index contributed by atoms with van der Waals surface area (Å²) in [7, 11) is 0. The number of anilines is 2. The number of rotatable bonds is 3. The van der Waals surface area contributed by atoms with Gasteiger partial charge >= 0.3 is 0 Å². The fourth-order valence-corrected chi connectivity index (χ4v) is 3.65. The Balaban J connectivity index is 1.50. The highest BCUT2D eigenvalue weighted by molar-refractivity contribution is 9.10. The number of carbonyl (C=O) groups is 2. The van der Waals surface area contributed by atoms with Gasteiger partial charge in [0.2, 0.25) is 11.8 Å². The fraction of sp³-hybridized carbons (Fsp3) is 0.150. The Morgan fingerprint density at radius 1 is 1.08 bits per heavy atom. The van der Waals surface area contributed by atoms with Crippen molar-refractivity contribution in [1.29, 1.82) is 0 Å². The smallest absolute Gasteiger partial charge is 0.230 e. The molecule has 6 heteroatoms. The Morgan fingerprint density at radius 3 is 2.69 bits per heavy atom. The van der Waals surface area contributed by atoms with Gasteiger partial charge in [-0.25, -0.2) is 4.98 Å². The van der Waals surface area contributed by atoms with Crippen molar-refractivity contribution >= 4 is 50.2 Å². The van der Waals surface area contributed by atoms with Crippen molar-refractivity contribution in [3.63, 3.8) is 0 Å². The van der Waals surface area contributed by atoms with Crippen molar-refractivity contribution in [2.24, 2.45) is 5.92 Å². The number of aromatic nitrogens is 1. The average Bonchev–Trinajstić information content (AvgIpc) is 3.04. The van der Waals surface area contributed by atoms with Gasteiger partial charge < -0.3 is 10.2 Å². The lowest BCUT2D eigenvalue weighted by Crippen LogP contribution is -2.28. The molecule has 2 amide bonds. The molecule has 2 aromatic carbocycles. The highest BCUT2D eigenvalue weighted by Gasteiger charge is 2.35. The predicted molar refractivity (Wildman–Crippen MR) is 105 cm³/mol. The Bertz CT molecular complexity index is 1010. The van der Waals surface area contributed by atoms with Gasteiger partial charge in [0.15, 0.2) is 0 Å². The Morgan fingerprint density at radius 2 is 1.85 bits per heavy atom. The summed E-state index contributed by atoms with van der Waals surface area (Å²) in [5, 5.41) is 3.86. The number of halogens is 1. The van der Waals surface area contributed by atoms with E-state index in [-0.39, 0.29) is 18.2 Å². The molecule has 5 nitrogen and oxygen atoms in total. The standard InChI is InChI=1S/C20H16BrN3O2/c21-15-6-2-4-8-17(15)24-12-14(11-19(24)25)20(26)23-18-10-9-13-5-1-3-7-16(13)22-18/h1-10,14H,11-12H2,(H,22,23,26). The Hall–Kier alpha value is -2.73. The van der Waals surface area contributed by atoms with Crippen LogP contribution in [0.3, 0.4) is 0 Å². The lowest BCUT2D eigenvalue weighted by molar-refractivity contribution is -0.122.